The fourth-order valence-corrected chi connectivity index (χ4v) is 3.26. The molecule has 4 nitrogen and oxygen atoms in total. The number of carbonyl (C=O) groups is 1. The van der Waals surface area contributed by atoms with Crippen LogP contribution in [0.25, 0.3) is 10.0 Å². The van der Waals surface area contributed by atoms with Gasteiger partial charge in [0.1, 0.15) is 0 Å². The maximum absolute atomic E-state index is 10.5. The van der Waals surface area contributed by atoms with Crippen LogP contribution in [0.5, 0.6) is 0 Å². The minimum atomic E-state index is -0.861. The second kappa shape index (κ2) is 4.54. The summed E-state index contributed by atoms with van der Waals surface area (Å²) in [5, 5.41) is 12.0. The third kappa shape index (κ3) is 2.73. The van der Waals surface area contributed by atoms with Crippen molar-refractivity contribution in [3.05, 3.63) is 20.2 Å². The van der Waals surface area contributed by atoms with Crippen molar-refractivity contribution >= 4 is 51.2 Å². The molecule has 0 aliphatic carbocycles. The van der Waals surface area contributed by atoms with Crippen LogP contribution in [0, 0.1) is 2.88 Å². The van der Waals surface area contributed by atoms with Gasteiger partial charge in [-0.2, -0.15) is 0 Å². The van der Waals surface area contributed by atoms with Crippen LogP contribution >= 0.6 is 45.3 Å². The van der Waals surface area contributed by atoms with E-state index in [0.717, 1.165) is 12.9 Å². The summed E-state index contributed by atoms with van der Waals surface area (Å²) >= 11 is 5.17. The number of aliphatic carboxylic acids is 1. The topological polar surface area (TPSA) is 63.1 Å². The molecule has 0 amide bonds. The number of thiazole rings is 2. The second-order valence-electron chi connectivity index (χ2n) is 2.68. The van der Waals surface area contributed by atoms with Crippen LogP contribution in [-0.4, -0.2) is 21.0 Å². The summed E-state index contributed by atoms with van der Waals surface area (Å²) < 4.78 is 1.09. The van der Waals surface area contributed by atoms with Crippen molar-refractivity contribution in [2.75, 3.05) is 0 Å². The second-order valence-corrected chi connectivity index (χ2v) is 6.47. The fraction of sp³-hybridized carbons (Fsp3) is 0.125. The van der Waals surface area contributed by atoms with E-state index in [1.165, 1.54) is 11.3 Å². The molecule has 0 fully saturated rings. The van der Waals surface area contributed by atoms with E-state index in [4.69, 9.17) is 5.11 Å². The quantitative estimate of drug-likeness (QED) is 0.863. The van der Waals surface area contributed by atoms with Crippen molar-refractivity contribution in [2.24, 2.45) is 0 Å². The zero-order valence-electron chi connectivity index (χ0n) is 7.31. The van der Waals surface area contributed by atoms with E-state index in [0.29, 0.717) is 5.69 Å². The predicted molar refractivity (Wildman–Crippen MR) is 67.3 cm³/mol. The molecule has 0 spiro atoms. The molecule has 0 bridgehead atoms. The van der Waals surface area contributed by atoms with E-state index >= 15 is 0 Å². The number of nitrogens with zero attached hydrogens (tertiary/aromatic N) is 2. The number of carboxylic acids is 1. The average molecular weight is 352 g/mol. The van der Waals surface area contributed by atoms with Gasteiger partial charge in [0.25, 0.3) is 0 Å². The van der Waals surface area contributed by atoms with E-state index in [2.05, 4.69) is 32.6 Å². The molecule has 15 heavy (non-hydrogen) atoms. The lowest BCUT2D eigenvalue weighted by Gasteiger charge is -1.87. The number of carboxylic acid groups (broad SMARTS) is 1. The summed E-state index contributed by atoms with van der Waals surface area (Å²) in [7, 11) is 0. The third-order valence-electron chi connectivity index (χ3n) is 1.54. The van der Waals surface area contributed by atoms with Crippen LogP contribution < -0.4 is 0 Å². The standard InChI is InChI=1S/C8H5IN2O2S2/c9-5-2-10-7(15-5)8-11-4(3-14-8)1-6(12)13/h2-3H,1H2,(H,12,13). The van der Waals surface area contributed by atoms with E-state index in [9.17, 15) is 4.79 Å². The number of hydrogen-bond donors (Lipinski definition) is 1. The van der Waals surface area contributed by atoms with Crippen molar-refractivity contribution in [1.82, 2.24) is 9.97 Å². The highest BCUT2D eigenvalue weighted by Gasteiger charge is 2.10. The first-order chi connectivity index (χ1) is 7.15. The molecule has 2 rings (SSSR count). The van der Waals surface area contributed by atoms with Gasteiger partial charge >= 0.3 is 5.97 Å². The monoisotopic (exact) mass is 352 g/mol. The number of rotatable bonds is 3. The predicted octanol–water partition coefficient (Wildman–Crippen LogP) is 2.50. The average Bonchev–Trinajstić information content (AvgIpc) is 2.72. The Balaban J connectivity index is 2.23. The van der Waals surface area contributed by atoms with E-state index in [-0.39, 0.29) is 6.42 Å². The molecule has 0 aliphatic rings. The minimum Gasteiger partial charge on any atom is -0.481 e. The van der Waals surface area contributed by atoms with E-state index in [1.807, 2.05) is 0 Å². The summed E-state index contributed by atoms with van der Waals surface area (Å²) in [5.74, 6) is -0.861. The molecular formula is C8H5IN2O2S2. The van der Waals surface area contributed by atoms with Crippen LogP contribution in [-0.2, 0) is 11.2 Å². The Bertz CT molecular complexity index is 494. The number of aromatic nitrogens is 2. The Kier molecular flexibility index (Phi) is 3.32. The lowest BCUT2D eigenvalue weighted by molar-refractivity contribution is -0.136. The van der Waals surface area contributed by atoms with Gasteiger partial charge in [0.05, 0.1) is 21.2 Å². The van der Waals surface area contributed by atoms with Gasteiger partial charge < -0.3 is 5.11 Å². The SMILES string of the molecule is O=C(O)Cc1csc(-c2ncc(I)s2)n1. The molecule has 0 aliphatic heterocycles. The highest BCUT2D eigenvalue weighted by molar-refractivity contribution is 14.1. The molecule has 0 saturated carbocycles. The first-order valence-corrected chi connectivity index (χ1v) is 6.70. The minimum absolute atomic E-state index is 0.0288. The van der Waals surface area contributed by atoms with Crippen LogP contribution in [0.1, 0.15) is 5.69 Å². The van der Waals surface area contributed by atoms with E-state index in [1.54, 1.807) is 22.9 Å². The maximum atomic E-state index is 10.5. The Morgan fingerprint density at radius 1 is 1.53 bits per heavy atom. The summed E-state index contributed by atoms with van der Waals surface area (Å²) in [5.41, 5.74) is 0.590. The Morgan fingerprint density at radius 2 is 2.33 bits per heavy atom. The highest BCUT2D eigenvalue weighted by atomic mass is 127. The van der Waals surface area contributed by atoms with Gasteiger partial charge in [-0.3, -0.25) is 4.79 Å². The molecular weight excluding hydrogens is 347 g/mol. The van der Waals surface area contributed by atoms with Crippen molar-refractivity contribution in [3.63, 3.8) is 0 Å². The lowest BCUT2D eigenvalue weighted by Crippen LogP contribution is -1.99. The molecule has 0 unspecified atom stereocenters. The Labute approximate surface area is 107 Å². The summed E-state index contributed by atoms with van der Waals surface area (Å²) in [4.78, 5) is 18.9. The van der Waals surface area contributed by atoms with Gasteiger partial charge in [-0.1, -0.05) is 0 Å². The molecule has 0 atom stereocenters. The zero-order chi connectivity index (χ0) is 10.8. The third-order valence-corrected chi connectivity index (χ3v) is 4.30. The van der Waals surface area contributed by atoms with Gasteiger partial charge in [-0.25, -0.2) is 9.97 Å². The van der Waals surface area contributed by atoms with Gasteiger partial charge in [-0.15, -0.1) is 22.7 Å². The van der Waals surface area contributed by atoms with Crippen molar-refractivity contribution in [3.8, 4) is 10.0 Å². The lowest BCUT2D eigenvalue weighted by atomic mass is 10.3. The first-order valence-electron chi connectivity index (χ1n) is 3.93. The smallest absolute Gasteiger partial charge is 0.309 e. The number of hydrogen-bond acceptors (Lipinski definition) is 5. The first kappa shape index (κ1) is 11.0. The fourth-order valence-electron chi connectivity index (χ4n) is 0.995. The largest absolute Gasteiger partial charge is 0.481 e. The highest BCUT2D eigenvalue weighted by Crippen LogP contribution is 2.28. The van der Waals surface area contributed by atoms with Crippen LogP contribution in [0.2, 0.25) is 0 Å². The van der Waals surface area contributed by atoms with Crippen LogP contribution in [0.3, 0.4) is 0 Å². The molecule has 0 aromatic carbocycles. The summed E-state index contributed by atoms with van der Waals surface area (Å²) in [6.45, 7) is 0. The van der Waals surface area contributed by atoms with Crippen LogP contribution in [0.4, 0.5) is 0 Å². The Morgan fingerprint density at radius 3 is 2.93 bits per heavy atom. The molecule has 7 heteroatoms. The van der Waals surface area contributed by atoms with Crippen molar-refractivity contribution in [2.45, 2.75) is 6.42 Å². The molecule has 0 radical (unpaired) electrons. The van der Waals surface area contributed by atoms with Gasteiger partial charge in [0, 0.05) is 5.38 Å². The summed E-state index contributed by atoms with van der Waals surface area (Å²) in [6, 6.07) is 0. The molecule has 1 N–H and O–H groups in total. The van der Waals surface area contributed by atoms with Gasteiger partial charge in [0.15, 0.2) is 10.0 Å². The maximum Gasteiger partial charge on any atom is 0.309 e. The zero-order valence-corrected chi connectivity index (χ0v) is 11.1. The van der Waals surface area contributed by atoms with E-state index < -0.39 is 5.97 Å². The van der Waals surface area contributed by atoms with Crippen molar-refractivity contribution in [1.29, 1.82) is 0 Å². The molecule has 2 heterocycles. The Hall–Kier alpha value is -0.540. The molecule has 2 aromatic heterocycles. The molecule has 2 aromatic rings. The van der Waals surface area contributed by atoms with Gasteiger partial charge in [-0.05, 0) is 22.6 Å². The summed E-state index contributed by atoms with van der Waals surface area (Å²) in [6.07, 6.45) is 1.75. The normalized spacial score (nSPS) is 10.5. The molecule has 78 valence electrons. The molecule has 0 saturated heterocycles. The van der Waals surface area contributed by atoms with Gasteiger partial charge in [0.2, 0.25) is 0 Å². The number of halogens is 1. The van der Waals surface area contributed by atoms with Crippen molar-refractivity contribution < 1.29 is 9.90 Å². The van der Waals surface area contributed by atoms with Crippen LogP contribution in [0.15, 0.2) is 11.6 Å².